The van der Waals surface area contributed by atoms with E-state index in [1.54, 1.807) is 11.3 Å². The average molecular weight is 445 g/mol. The molecular formula is C23H32N4O3S. The number of nitrogens with zero attached hydrogens (tertiary/aromatic N) is 2. The molecule has 2 aliphatic heterocycles. The van der Waals surface area contributed by atoms with Gasteiger partial charge in [-0.25, -0.2) is 4.98 Å². The predicted octanol–water partition coefficient (Wildman–Crippen LogP) is 3.28. The Labute approximate surface area is 188 Å². The molecule has 0 spiro atoms. The Morgan fingerprint density at radius 2 is 2.00 bits per heavy atom. The summed E-state index contributed by atoms with van der Waals surface area (Å²) < 4.78 is 16.8. The van der Waals surface area contributed by atoms with Crippen molar-refractivity contribution < 1.29 is 14.2 Å². The van der Waals surface area contributed by atoms with Crippen LogP contribution in [-0.2, 0) is 23.0 Å². The molecule has 0 aliphatic carbocycles. The van der Waals surface area contributed by atoms with Gasteiger partial charge in [-0.05, 0) is 43.9 Å². The highest BCUT2D eigenvalue weighted by Gasteiger charge is 2.35. The molecule has 1 aromatic carbocycles. The van der Waals surface area contributed by atoms with E-state index < -0.39 is 0 Å². The number of nitrogens with one attached hydrogen (secondary N) is 2. The maximum atomic E-state index is 5.68. The van der Waals surface area contributed by atoms with Gasteiger partial charge in [-0.3, -0.25) is 4.99 Å². The zero-order valence-corrected chi connectivity index (χ0v) is 19.2. The molecule has 0 bridgehead atoms. The van der Waals surface area contributed by atoms with E-state index in [1.807, 2.05) is 12.3 Å². The highest BCUT2D eigenvalue weighted by Crippen LogP contribution is 2.41. The van der Waals surface area contributed by atoms with Crippen LogP contribution in [0.4, 0.5) is 0 Å². The molecule has 0 saturated carbocycles. The molecule has 31 heavy (non-hydrogen) atoms. The van der Waals surface area contributed by atoms with Gasteiger partial charge in [0.05, 0.1) is 11.6 Å². The number of rotatable bonds is 8. The maximum Gasteiger partial charge on any atom is 0.231 e. The van der Waals surface area contributed by atoms with Gasteiger partial charge in [0.15, 0.2) is 17.5 Å². The van der Waals surface area contributed by atoms with Crippen molar-refractivity contribution in [3.8, 4) is 11.5 Å². The summed E-state index contributed by atoms with van der Waals surface area (Å²) in [5, 5.41) is 8.03. The lowest BCUT2D eigenvalue weighted by molar-refractivity contribution is 0.0530. The van der Waals surface area contributed by atoms with Crippen LogP contribution in [0.1, 0.15) is 42.1 Å². The van der Waals surface area contributed by atoms with E-state index in [2.05, 4.69) is 41.6 Å². The first kappa shape index (κ1) is 21.9. The van der Waals surface area contributed by atoms with Gasteiger partial charge in [-0.1, -0.05) is 13.0 Å². The molecule has 1 saturated heterocycles. The van der Waals surface area contributed by atoms with E-state index >= 15 is 0 Å². The molecule has 0 unspecified atom stereocenters. The van der Waals surface area contributed by atoms with Crippen molar-refractivity contribution in [1.82, 2.24) is 15.6 Å². The molecule has 0 radical (unpaired) electrons. The third-order valence-corrected chi connectivity index (χ3v) is 7.10. The summed E-state index contributed by atoms with van der Waals surface area (Å²) in [5.41, 5.74) is 1.18. The Balaban J connectivity index is 1.45. The van der Waals surface area contributed by atoms with E-state index in [-0.39, 0.29) is 5.41 Å². The van der Waals surface area contributed by atoms with Crippen molar-refractivity contribution in [2.75, 3.05) is 39.6 Å². The van der Waals surface area contributed by atoms with Crippen molar-refractivity contribution in [2.24, 2.45) is 4.99 Å². The Morgan fingerprint density at radius 1 is 1.16 bits per heavy atom. The Morgan fingerprint density at radius 3 is 2.77 bits per heavy atom. The molecule has 8 heteroatoms. The normalized spacial score (nSPS) is 17.5. The number of hydrogen-bond acceptors (Lipinski definition) is 6. The fourth-order valence-corrected chi connectivity index (χ4v) is 4.88. The number of guanidine groups is 1. The van der Waals surface area contributed by atoms with Gasteiger partial charge in [-0.15, -0.1) is 11.3 Å². The van der Waals surface area contributed by atoms with Crippen LogP contribution >= 0.6 is 11.3 Å². The second-order valence-electron chi connectivity index (χ2n) is 7.91. The highest BCUT2D eigenvalue weighted by molar-refractivity contribution is 7.11. The zero-order chi connectivity index (χ0) is 21.5. The van der Waals surface area contributed by atoms with E-state index in [0.29, 0.717) is 13.3 Å². The van der Waals surface area contributed by atoms with Gasteiger partial charge in [0.2, 0.25) is 6.79 Å². The first-order valence-electron chi connectivity index (χ1n) is 11.2. The number of benzene rings is 1. The molecule has 2 N–H and O–H groups in total. The van der Waals surface area contributed by atoms with Crippen LogP contribution in [0.25, 0.3) is 0 Å². The fourth-order valence-electron chi connectivity index (χ4n) is 4.01. The van der Waals surface area contributed by atoms with Crippen LogP contribution in [0.15, 0.2) is 29.4 Å². The number of hydrogen-bond donors (Lipinski definition) is 2. The molecule has 2 aliphatic rings. The molecular weight excluding hydrogens is 412 g/mol. The fraction of sp³-hybridized carbons (Fsp3) is 0.565. The quantitative estimate of drug-likeness (QED) is 0.481. The molecule has 0 atom stereocenters. The van der Waals surface area contributed by atoms with Gasteiger partial charge < -0.3 is 24.8 Å². The van der Waals surface area contributed by atoms with Crippen LogP contribution < -0.4 is 20.1 Å². The van der Waals surface area contributed by atoms with Crippen LogP contribution in [0, 0.1) is 0 Å². The number of thiazole rings is 1. The van der Waals surface area contributed by atoms with Gasteiger partial charge in [0.1, 0.15) is 0 Å². The third kappa shape index (κ3) is 5.30. The Hall–Kier alpha value is -2.32. The van der Waals surface area contributed by atoms with Crippen LogP contribution in [0.5, 0.6) is 11.5 Å². The maximum absolute atomic E-state index is 5.68. The smallest absolute Gasteiger partial charge is 0.231 e. The summed E-state index contributed by atoms with van der Waals surface area (Å²) >= 11 is 1.79. The number of fused-ring (bicyclic) bond motifs is 1. The number of ether oxygens (including phenoxy) is 3. The largest absolute Gasteiger partial charge is 0.454 e. The summed E-state index contributed by atoms with van der Waals surface area (Å²) in [7, 11) is 0. The van der Waals surface area contributed by atoms with Crippen molar-refractivity contribution >= 4 is 17.3 Å². The SMILES string of the molecule is CCNC(=NCC1(c2ccc3c(c2)OCO3)CCOCC1)NCCc1ncc(CC)s1. The lowest BCUT2D eigenvalue weighted by atomic mass is 9.74. The van der Waals surface area contributed by atoms with Gasteiger partial charge in [0.25, 0.3) is 0 Å². The topological polar surface area (TPSA) is 77.0 Å². The predicted molar refractivity (Wildman–Crippen MR) is 123 cm³/mol. The van der Waals surface area contributed by atoms with Gasteiger partial charge in [0, 0.05) is 49.2 Å². The minimum absolute atomic E-state index is 0.0626. The van der Waals surface area contributed by atoms with Crippen LogP contribution in [0.3, 0.4) is 0 Å². The number of aryl methyl sites for hydroxylation is 1. The summed E-state index contributed by atoms with van der Waals surface area (Å²) in [4.78, 5) is 10.8. The summed E-state index contributed by atoms with van der Waals surface area (Å²) in [6.07, 6.45) is 5.81. The highest BCUT2D eigenvalue weighted by atomic mass is 32.1. The third-order valence-electron chi connectivity index (χ3n) is 5.90. The molecule has 4 rings (SSSR count). The van der Waals surface area contributed by atoms with Crippen molar-refractivity contribution in [2.45, 2.75) is 44.9 Å². The molecule has 1 aromatic heterocycles. The summed E-state index contributed by atoms with van der Waals surface area (Å²) in [6, 6.07) is 6.29. The Kier molecular flexibility index (Phi) is 7.29. The first-order valence-corrected chi connectivity index (χ1v) is 12.0. The van der Waals surface area contributed by atoms with E-state index in [1.165, 1.54) is 15.4 Å². The second-order valence-corrected chi connectivity index (χ2v) is 9.11. The average Bonchev–Trinajstić information content (AvgIpc) is 3.47. The number of aromatic nitrogens is 1. The minimum atomic E-state index is -0.0626. The van der Waals surface area contributed by atoms with Crippen LogP contribution in [-0.4, -0.2) is 50.6 Å². The molecule has 1 fully saturated rings. The van der Waals surface area contributed by atoms with E-state index in [9.17, 15) is 0 Å². The Bertz CT molecular complexity index is 893. The van der Waals surface area contributed by atoms with Crippen molar-refractivity contribution in [1.29, 1.82) is 0 Å². The molecule has 3 heterocycles. The molecule has 2 aromatic rings. The zero-order valence-electron chi connectivity index (χ0n) is 18.4. The van der Waals surface area contributed by atoms with Crippen molar-refractivity contribution in [3.05, 3.63) is 39.8 Å². The molecule has 7 nitrogen and oxygen atoms in total. The van der Waals surface area contributed by atoms with Gasteiger partial charge in [-0.2, -0.15) is 0 Å². The van der Waals surface area contributed by atoms with Crippen molar-refractivity contribution in [3.63, 3.8) is 0 Å². The molecule has 168 valence electrons. The lowest BCUT2D eigenvalue weighted by Gasteiger charge is -2.36. The van der Waals surface area contributed by atoms with Gasteiger partial charge >= 0.3 is 0 Å². The summed E-state index contributed by atoms with van der Waals surface area (Å²) in [6.45, 7) is 8.37. The monoisotopic (exact) mass is 444 g/mol. The summed E-state index contributed by atoms with van der Waals surface area (Å²) in [5.74, 6) is 2.49. The first-order chi connectivity index (χ1) is 15.2. The second kappa shape index (κ2) is 10.3. The lowest BCUT2D eigenvalue weighted by Crippen LogP contribution is -2.41. The van der Waals surface area contributed by atoms with Crippen LogP contribution in [0.2, 0.25) is 0 Å². The van der Waals surface area contributed by atoms with E-state index in [0.717, 1.165) is 69.4 Å². The minimum Gasteiger partial charge on any atom is -0.454 e. The standard InChI is InChI=1S/C23H32N4O3S/c1-3-18-14-26-21(31-18)7-10-25-22(24-4-2)27-15-23(8-11-28-12-9-23)17-5-6-19-20(13-17)30-16-29-19/h5-6,13-14H,3-4,7-12,15-16H2,1-2H3,(H2,24,25,27). The number of aliphatic imine (C=N–C) groups is 1. The van der Waals surface area contributed by atoms with E-state index in [4.69, 9.17) is 19.2 Å². The molecule has 0 amide bonds.